The molecule has 1 aliphatic rings. The van der Waals surface area contributed by atoms with Gasteiger partial charge in [0.15, 0.2) is 5.96 Å². The molecule has 2 N–H and O–H groups in total. The summed E-state index contributed by atoms with van der Waals surface area (Å²) in [5, 5.41) is 6.98. The summed E-state index contributed by atoms with van der Waals surface area (Å²) >= 11 is 0. The van der Waals surface area contributed by atoms with Crippen molar-refractivity contribution < 1.29 is 0 Å². The zero-order chi connectivity index (χ0) is 19.1. The third-order valence-electron chi connectivity index (χ3n) is 5.52. The highest BCUT2D eigenvalue weighted by Crippen LogP contribution is 2.45. The van der Waals surface area contributed by atoms with Gasteiger partial charge in [-0.25, -0.2) is 4.98 Å². The summed E-state index contributed by atoms with van der Waals surface area (Å²) in [6.45, 7) is 7.14. The van der Waals surface area contributed by atoms with Crippen molar-refractivity contribution in [2.45, 2.75) is 52.6 Å². The number of hydrogen-bond acceptors (Lipinski definition) is 2. The number of guanidine groups is 1. The molecule has 1 aromatic carbocycles. The lowest BCUT2D eigenvalue weighted by molar-refractivity contribution is 0.104. The van der Waals surface area contributed by atoms with Gasteiger partial charge in [0.25, 0.3) is 0 Å². The average Bonchev–Trinajstić information content (AvgIpc) is 3.07. The number of halogens is 1. The van der Waals surface area contributed by atoms with Crippen molar-refractivity contribution in [1.82, 2.24) is 20.2 Å². The molecule has 0 radical (unpaired) electrons. The minimum atomic E-state index is 0. The van der Waals surface area contributed by atoms with Gasteiger partial charge in [0.05, 0.1) is 6.54 Å². The average molecular weight is 495 g/mol. The van der Waals surface area contributed by atoms with Crippen LogP contribution >= 0.6 is 24.0 Å². The normalized spacial score (nSPS) is 15.6. The maximum atomic E-state index is 4.51. The number of imidazole rings is 1. The zero-order valence-electron chi connectivity index (χ0n) is 17.3. The maximum absolute atomic E-state index is 4.51. The standard InChI is InChI=1S/C22H33N5.HI/c1-18(2)14-22(10-7-11-22)17-26-21(23-3)25-15-20-24-12-13-27(20)16-19-8-5-4-6-9-19;/h4-6,8-9,12-13,18H,7,10-11,14-17H2,1-3H3,(H2,23,25,26);1H. The van der Waals surface area contributed by atoms with Crippen molar-refractivity contribution in [1.29, 1.82) is 0 Å². The molecule has 1 saturated carbocycles. The SMILES string of the molecule is CN=C(NCc1nccn1Cc1ccccc1)NCC1(CC(C)C)CCC1.I. The second-order valence-corrected chi connectivity index (χ2v) is 8.19. The van der Waals surface area contributed by atoms with Crippen LogP contribution in [0.1, 0.15) is 50.9 Å². The Morgan fingerprint density at radius 1 is 1.21 bits per heavy atom. The lowest BCUT2D eigenvalue weighted by Gasteiger charge is -2.43. The van der Waals surface area contributed by atoms with E-state index in [1.54, 1.807) is 0 Å². The first kappa shape index (κ1) is 22.7. The summed E-state index contributed by atoms with van der Waals surface area (Å²) in [6, 6.07) is 10.5. The summed E-state index contributed by atoms with van der Waals surface area (Å²) in [4.78, 5) is 8.91. The zero-order valence-corrected chi connectivity index (χ0v) is 19.6. The van der Waals surface area contributed by atoms with Gasteiger partial charge in [0.1, 0.15) is 5.82 Å². The van der Waals surface area contributed by atoms with Crippen molar-refractivity contribution in [3.63, 3.8) is 0 Å². The molecule has 1 aliphatic carbocycles. The second kappa shape index (κ2) is 10.8. The molecule has 154 valence electrons. The molecular formula is C22H34IN5. The van der Waals surface area contributed by atoms with Gasteiger partial charge in [-0.15, -0.1) is 24.0 Å². The molecule has 6 heteroatoms. The van der Waals surface area contributed by atoms with E-state index in [-0.39, 0.29) is 24.0 Å². The van der Waals surface area contributed by atoms with E-state index in [1.165, 1.54) is 31.2 Å². The van der Waals surface area contributed by atoms with Gasteiger partial charge >= 0.3 is 0 Å². The first-order chi connectivity index (χ1) is 13.1. The van der Waals surface area contributed by atoms with E-state index < -0.39 is 0 Å². The second-order valence-electron chi connectivity index (χ2n) is 8.19. The monoisotopic (exact) mass is 495 g/mol. The van der Waals surface area contributed by atoms with Crippen LogP contribution in [-0.2, 0) is 13.1 Å². The Morgan fingerprint density at radius 2 is 1.96 bits per heavy atom. The molecule has 0 spiro atoms. The van der Waals surface area contributed by atoms with E-state index in [9.17, 15) is 0 Å². The first-order valence-electron chi connectivity index (χ1n) is 10.1. The molecule has 0 bridgehead atoms. The van der Waals surface area contributed by atoms with Gasteiger partial charge in [-0.3, -0.25) is 4.99 Å². The largest absolute Gasteiger partial charge is 0.356 e. The van der Waals surface area contributed by atoms with Crippen molar-refractivity contribution in [3.05, 3.63) is 54.1 Å². The summed E-state index contributed by atoms with van der Waals surface area (Å²) in [5.41, 5.74) is 1.73. The van der Waals surface area contributed by atoms with Crippen LogP contribution in [0.15, 0.2) is 47.7 Å². The van der Waals surface area contributed by atoms with Gasteiger partial charge in [0.2, 0.25) is 0 Å². The predicted octanol–water partition coefficient (Wildman–Crippen LogP) is 4.43. The Morgan fingerprint density at radius 3 is 2.57 bits per heavy atom. The van der Waals surface area contributed by atoms with Crippen molar-refractivity contribution >= 4 is 29.9 Å². The van der Waals surface area contributed by atoms with Crippen LogP contribution in [-0.4, -0.2) is 29.1 Å². The molecule has 1 heterocycles. The van der Waals surface area contributed by atoms with E-state index in [0.717, 1.165) is 30.8 Å². The van der Waals surface area contributed by atoms with Gasteiger partial charge in [-0.2, -0.15) is 0 Å². The van der Waals surface area contributed by atoms with E-state index in [0.29, 0.717) is 12.0 Å². The highest BCUT2D eigenvalue weighted by atomic mass is 127. The minimum Gasteiger partial charge on any atom is -0.356 e. The fourth-order valence-corrected chi connectivity index (χ4v) is 4.08. The number of aliphatic imine (C=N–C) groups is 1. The third-order valence-corrected chi connectivity index (χ3v) is 5.52. The molecule has 5 nitrogen and oxygen atoms in total. The van der Waals surface area contributed by atoms with Crippen LogP contribution in [0.25, 0.3) is 0 Å². The minimum absolute atomic E-state index is 0. The predicted molar refractivity (Wildman–Crippen MR) is 127 cm³/mol. The fraction of sp³-hybridized carbons (Fsp3) is 0.545. The Hall–Kier alpha value is -1.57. The summed E-state index contributed by atoms with van der Waals surface area (Å²) in [5.74, 6) is 2.62. The van der Waals surface area contributed by atoms with Crippen molar-refractivity contribution in [2.75, 3.05) is 13.6 Å². The number of nitrogens with one attached hydrogen (secondary N) is 2. The lowest BCUT2D eigenvalue weighted by Crippen LogP contribution is -2.47. The highest BCUT2D eigenvalue weighted by molar-refractivity contribution is 14.0. The Bertz CT molecular complexity index is 734. The van der Waals surface area contributed by atoms with Crippen LogP contribution in [0, 0.1) is 11.3 Å². The molecule has 0 saturated heterocycles. The number of benzene rings is 1. The molecule has 0 unspecified atom stereocenters. The van der Waals surface area contributed by atoms with E-state index in [4.69, 9.17) is 0 Å². The molecule has 2 aromatic rings. The fourth-order valence-electron chi connectivity index (χ4n) is 4.08. The number of hydrogen-bond donors (Lipinski definition) is 2. The number of aromatic nitrogens is 2. The van der Waals surface area contributed by atoms with Crippen LogP contribution in [0.2, 0.25) is 0 Å². The van der Waals surface area contributed by atoms with Crippen LogP contribution in [0.4, 0.5) is 0 Å². The lowest BCUT2D eigenvalue weighted by atomic mass is 9.64. The van der Waals surface area contributed by atoms with E-state index in [1.807, 2.05) is 25.5 Å². The van der Waals surface area contributed by atoms with Crippen LogP contribution in [0.5, 0.6) is 0 Å². The number of nitrogens with zero attached hydrogens (tertiary/aromatic N) is 3. The van der Waals surface area contributed by atoms with Crippen molar-refractivity contribution in [2.24, 2.45) is 16.3 Å². The van der Waals surface area contributed by atoms with Gasteiger partial charge in [-0.05, 0) is 36.2 Å². The van der Waals surface area contributed by atoms with E-state index in [2.05, 4.69) is 63.3 Å². The quantitative estimate of drug-likeness (QED) is 0.324. The third kappa shape index (κ3) is 6.22. The Kier molecular flexibility index (Phi) is 8.79. The number of rotatable bonds is 8. The smallest absolute Gasteiger partial charge is 0.191 e. The Balaban J connectivity index is 0.00000280. The molecular weight excluding hydrogens is 461 g/mol. The molecule has 0 atom stereocenters. The van der Waals surface area contributed by atoms with Crippen LogP contribution < -0.4 is 10.6 Å². The Labute approximate surface area is 186 Å². The molecule has 28 heavy (non-hydrogen) atoms. The van der Waals surface area contributed by atoms with Gasteiger partial charge < -0.3 is 15.2 Å². The van der Waals surface area contributed by atoms with Crippen LogP contribution in [0.3, 0.4) is 0 Å². The van der Waals surface area contributed by atoms with Gasteiger partial charge in [0, 0.05) is 32.5 Å². The summed E-state index contributed by atoms with van der Waals surface area (Å²) in [6.07, 6.45) is 9.21. The summed E-state index contributed by atoms with van der Waals surface area (Å²) < 4.78 is 2.18. The molecule has 3 rings (SSSR count). The molecule has 1 aromatic heterocycles. The highest BCUT2D eigenvalue weighted by Gasteiger charge is 2.37. The maximum Gasteiger partial charge on any atom is 0.191 e. The molecule has 0 aliphatic heterocycles. The van der Waals surface area contributed by atoms with Gasteiger partial charge in [-0.1, -0.05) is 50.6 Å². The van der Waals surface area contributed by atoms with E-state index >= 15 is 0 Å². The van der Waals surface area contributed by atoms with Crippen molar-refractivity contribution in [3.8, 4) is 0 Å². The topological polar surface area (TPSA) is 54.2 Å². The summed E-state index contributed by atoms with van der Waals surface area (Å²) in [7, 11) is 1.83. The molecule has 1 fully saturated rings. The first-order valence-corrected chi connectivity index (χ1v) is 10.1. The molecule has 0 amide bonds.